The Bertz CT molecular complexity index is 1400. The number of aromatic nitrogens is 1. The van der Waals surface area contributed by atoms with E-state index in [-0.39, 0.29) is 25.1 Å². The Morgan fingerprint density at radius 2 is 1.77 bits per heavy atom. The quantitative estimate of drug-likeness (QED) is 0.374. The maximum absolute atomic E-state index is 14.0. The lowest BCUT2D eigenvalue weighted by Gasteiger charge is -2.35. The number of likely N-dealkylation sites (tertiary alicyclic amines) is 1. The van der Waals surface area contributed by atoms with Crippen LogP contribution in [0.5, 0.6) is 11.5 Å². The number of nitrogens with two attached hydrogens (primary N) is 1. The monoisotopic (exact) mass is 615 g/mol. The summed E-state index contributed by atoms with van der Waals surface area (Å²) in [6.07, 6.45) is 1.84. The molecule has 6 atom stereocenters. The van der Waals surface area contributed by atoms with Crippen LogP contribution in [0.1, 0.15) is 60.3 Å². The lowest BCUT2D eigenvalue weighted by atomic mass is 9.85. The molecule has 1 aliphatic heterocycles. The lowest BCUT2D eigenvalue weighted by molar-refractivity contribution is -0.141. The van der Waals surface area contributed by atoms with Gasteiger partial charge in [-0.2, -0.15) is 0 Å². The Balaban J connectivity index is 1.37. The first kappa shape index (κ1) is 31.0. The summed E-state index contributed by atoms with van der Waals surface area (Å²) in [4.78, 5) is 45.5. The zero-order valence-corrected chi connectivity index (χ0v) is 26.4. The summed E-state index contributed by atoms with van der Waals surface area (Å²) in [6, 6.07) is 3.56. The van der Waals surface area contributed by atoms with E-state index in [0.29, 0.717) is 45.1 Å². The molecule has 5 rings (SSSR count). The second kappa shape index (κ2) is 11.9. The number of hydrogen-bond acceptors (Lipinski definition) is 8. The molecular weight excluding hydrogens is 574 g/mol. The minimum absolute atomic E-state index is 0.0916. The third-order valence-electron chi connectivity index (χ3n) is 8.52. The lowest BCUT2D eigenvalue weighted by Crippen LogP contribution is -2.57. The van der Waals surface area contributed by atoms with Crippen LogP contribution >= 0.6 is 11.6 Å². The van der Waals surface area contributed by atoms with Crippen molar-refractivity contribution in [3.63, 3.8) is 0 Å². The van der Waals surface area contributed by atoms with Gasteiger partial charge in [0.15, 0.2) is 0 Å². The smallest absolute Gasteiger partial charge is 0.408 e. The predicted molar refractivity (Wildman–Crippen MR) is 163 cm³/mol. The van der Waals surface area contributed by atoms with Crippen LogP contribution in [0.15, 0.2) is 18.2 Å². The van der Waals surface area contributed by atoms with Gasteiger partial charge in [0.2, 0.25) is 11.8 Å². The normalized spacial score (nSPS) is 25.3. The van der Waals surface area contributed by atoms with Gasteiger partial charge in [-0.05, 0) is 62.5 Å². The van der Waals surface area contributed by atoms with E-state index in [1.54, 1.807) is 12.1 Å². The fourth-order valence-corrected chi connectivity index (χ4v) is 6.57. The van der Waals surface area contributed by atoms with Gasteiger partial charge in [-0.15, -0.1) is 0 Å². The minimum Gasteiger partial charge on any atom is -0.495 e. The van der Waals surface area contributed by atoms with Crippen molar-refractivity contribution >= 4 is 46.2 Å². The molecule has 234 valence electrons. The van der Waals surface area contributed by atoms with Gasteiger partial charge in [-0.3, -0.25) is 9.59 Å². The van der Waals surface area contributed by atoms with Gasteiger partial charge in [-0.25, -0.2) is 9.78 Å². The van der Waals surface area contributed by atoms with Crippen molar-refractivity contribution in [3.05, 3.63) is 23.2 Å². The molecule has 0 bridgehead atoms. The molecule has 11 nitrogen and oxygen atoms in total. The molecule has 2 aromatic rings. The summed E-state index contributed by atoms with van der Waals surface area (Å²) < 4.78 is 17.5. The molecule has 0 spiro atoms. The highest BCUT2D eigenvalue weighted by atomic mass is 35.5. The molecule has 43 heavy (non-hydrogen) atoms. The summed E-state index contributed by atoms with van der Waals surface area (Å²) in [7, 11) is 1.53. The van der Waals surface area contributed by atoms with Crippen molar-refractivity contribution in [2.75, 3.05) is 19.0 Å². The van der Waals surface area contributed by atoms with Crippen molar-refractivity contribution in [2.45, 2.75) is 90.6 Å². The fraction of sp³-hybridized carbons (Fsp3) is 0.613. The standard InChI is InChI=1S/C31H42ClN5O6/c1-15(2)34-24-13-23(20-7-8-22(41-6)25(32)26(20)35-24)42-19-12-21(28(33)38)37(14-19)29(39)27(31(3,4)5)36-30(40)43-18-10-16-9-17(16)11-18/h7-8,13,15-19,21,27H,9-12,14H2,1-6H3,(H2,33,38)(H,34,35)(H,36,40)/t16-,17+,18?,19?,21-,27+/m0/s1. The third-order valence-corrected chi connectivity index (χ3v) is 8.89. The Labute approximate surface area is 257 Å². The maximum Gasteiger partial charge on any atom is 0.408 e. The number of benzene rings is 1. The number of pyridine rings is 1. The fourth-order valence-electron chi connectivity index (χ4n) is 6.28. The molecule has 3 aliphatic rings. The van der Waals surface area contributed by atoms with E-state index in [0.717, 1.165) is 12.8 Å². The third kappa shape index (κ3) is 6.71. The Hall–Kier alpha value is -3.47. The number of methoxy groups -OCH3 is 1. The van der Waals surface area contributed by atoms with Crippen molar-refractivity contribution in [3.8, 4) is 11.5 Å². The number of rotatable bonds is 9. The van der Waals surface area contributed by atoms with Gasteiger partial charge in [0.1, 0.15) is 46.6 Å². The number of nitrogens with one attached hydrogen (secondary N) is 2. The summed E-state index contributed by atoms with van der Waals surface area (Å²) in [5, 5.41) is 7.07. The number of primary amides is 1. The summed E-state index contributed by atoms with van der Waals surface area (Å²) in [5.74, 6) is 1.78. The molecule has 2 aliphatic carbocycles. The average Bonchev–Trinajstić information content (AvgIpc) is 3.31. The van der Waals surface area contributed by atoms with E-state index in [1.165, 1.54) is 18.4 Å². The van der Waals surface area contributed by atoms with E-state index in [2.05, 4.69) is 15.6 Å². The number of halogens is 1. The molecule has 1 aromatic heterocycles. The summed E-state index contributed by atoms with van der Waals surface area (Å²) >= 11 is 6.62. The van der Waals surface area contributed by atoms with Crippen LogP contribution in [-0.4, -0.2) is 71.8 Å². The Kier molecular flexibility index (Phi) is 8.57. The van der Waals surface area contributed by atoms with Gasteiger partial charge in [0.05, 0.1) is 19.2 Å². The van der Waals surface area contributed by atoms with Gasteiger partial charge in [0.25, 0.3) is 0 Å². The van der Waals surface area contributed by atoms with E-state index in [1.807, 2.05) is 40.7 Å². The van der Waals surface area contributed by atoms with Crippen LogP contribution in [0.2, 0.25) is 5.02 Å². The van der Waals surface area contributed by atoms with Crippen LogP contribution in [0.25, 0.3) is 10.9 Å². The number of ether oxygens (including phenoxy) is 3. The number of amides is 3. The van der Waals surface area contributed by atoms with Gasteiger partial charge >= 0.3 is 6.09 Å². The molecule has 3 fully saturated rings. The van der Waals surface area contributed by atoms with E-state index < -0.39 is 41.5 Å². The van der Waals surface area contributed by atoms with Crippen LogP contribution in [0.4, 0.5) is 10.6 Å². The number of anilines is 1. The molecule has 4 N–H and O–H groups in total. The molecule has 2 saturated carbocycles. The zero-order chi connectivity index (χ0) is 31.2. The summed E-state index contributed by atoms with van der Waals surface area (Å²) in [5.41, 5.74) is 5.62. The number of alkyl carbamates (subject to hydrolysis) is 1. The highest BCUT2D eigenvalue weighted by Crippen LogP contribution is 2.52. The predicted octanol–water partition coefficient (Wildman–Crippen LogP) is 4.49. The highest BCUT2D eigenvalue weighted by Gasteiger charge is 2.48. The molecule has 12 heteroatoms. The van der Waals surface area contributed by atoms with Crippen LogP contribution in [0.3, 0.4) is 0 Å². The number of nitrogens with zero attached hydrogens (tertiary/aromatic N) is 2. The second-order valence-electron chi connectivity index (χ2n) is 13.4. The molecular formula is C31H42ClN5O6. The molecule has 1 aromatic carbocycles. The average molecular weight is 616 g/mol. The zero-order valence-electron chi connectivity index (χ0n) is 25.6. The van der Waals surface area contributed by atoms with E-state index >= 15 is 0 Å². The number of carbonyl (C=O) groups excluding carboxylic acids is 3. The molecule has 1 saturated heterocycles. The first-order chi connectivity index (χ1) is 20.2. The van der Waals surface area contributed by atoms with Gasteiger partial charge < -0.3 is 35.5 Å². The first-order valence-corrected chi connectivity index (χ1v) is 15.3. The van der Waals surface area contributed by atoms with Crippen LogP contribution < -0.4 is 25.8 Å². The maximum atomic E-state index is 14.0. The van der Waals surface area contributed by atoms with Gasteiger partial charge in [-0.1, -0.05) is 32.4 Å². The van der Waals surface area contributed by atoms with Crippen molar-refractivity contribution in [1.29, 1.82) is 0 Å². The van der Waals surface area contributed by atoms with E-state index in [9.17, 15) is 14.4 Å². The minimum atomic E-state index is -0.939. The highest BCUT2D eigenvalue weighted by molar-refractivity contribution is 6.36. The van der Waals surface area contributed by atoms with Crippen molar-refractivity contribution in [2.24, 2.45) is 23.0 Å². The first-order valence-electron chi connectivity index (χ1n) is 14.9. The second-order valence-corrected chi connectivity index (χ2v) is 13.7. The largest absolute Gasteiger partial charge is 0.495 e. The Morgan fingerprint density at radius 3 is 2.37 bits per heavy atom. The molecule has 0 radical (unpaired) electrons. The molecule has 2 unspecified atom stereocenters. The van der Waals surface area contributed by atoms with Crippen molar-refractivity contribution < 1.29 is 28.6 Å². The van der Waals surface area contributed by atoms with E-state index in [4.69, 9.17) is 31.5 Å². The molecule has 3 amide bonds. The number of carbonyl (C=O) groups is 3. The topological polar surface area (TPSA) is 145 Å². The Morgan fingerprint density at radius 1 is 1.07 bits per heavy atom. The number of hydrogen-bond donors (Lipinski definition) is 3. The number of fused-ring (bicyclic) bond motifs is 2. The van der Waals surface area contributed by atoms with Gasteiger partial charge in [0, 0.05) is 23.9 Å². The van der Waals surface area contributed by atoms with Crippen LogP contribution in [-0.2, 0) is 14.3 Å². The van der Waals surface area contributed by atoms with Crippen LogP contribution in [0, 0.1) is 17.3 Å². The van der Waals surface area contributed by atoms with Crippen molar-refractivity contribution in [1.82, 2.24) is 15.2 Å². The molecule has 2 heterocycles. The summed E-state index contributed by atoms with van der Waals surface area (Å²) in [6.45, 7) is 9.64. The SMILES string of the molecule is COc1ccc2c(OC3C[C@@H](C(N)=O)N(C(=O)[C@@H](NC(=O)OC4C[C@@H]5C[C@@H]5C4)C(C)(C)C)C3)cc(NC(C)C)nc2c1Cl.